The van der Waals surface area contributed by atoms with Crippen LogP contribution in [0, 0.1) is 0 Å². The number of carboxylic acids is 3. The molecule has 0 unspecified atom stereocenters. The molecule has 0 aromatic carbocycles. The molecule has 0 aromatic rings. The van der Waals surface area contributed by atoms with Gasteiger partial charge in [0.15, 0.2) is 0 Å². The van der Waals surface area contributed by atoms with Gasteiger partial charge in [-0.2, -0.15) is 0 Å². The molecule has 0 aliphatic rings. The van der Waals surface area contributed by atoms with Crippen molar-refractivity contribution in [1.82, 2.24) is 0 Å². The van der Waals surface area contributed by atoms with Gasteiger partial charge in [-0.15, -0.1) is 0 Å². The van der Waals surface area contributed by atoms with Crippen molar-refractivity contribution in [1.29, 1.82) is 0 Å². The van der Waals surface area contributed by atoms with Crippen LogP contribution in [0.25, 0.3) is 0 Å². The minimum atomic E-state index is -0.903. The molecule has 0 bridgehead atoms. The molecule has 2 radical (unpaired) electrons. The van der Waals surface area contributed by atoms with E-state index in [9.17, 15) is 29.7 Å². The van der Waals surface area contributed by atoms with E-state index in [1.54, 1.807) is 0 Å². The fraction of sp³-hybridized carbons (Fsp3) is 0.944. The van der Waals surface area contributed by atoms with Gasteiger partial charge in [0.25, 0.3) is 0 Å². The van der Waals surface area contributed by atoms with Crippen molar-refractivity contribution in [2.24, 2.45) is 0 Å². The Morgan fingerprint density at radius 1 is 0.215 bits per heavy atom. The van der Waals surface area contributed by atoms with Crippen molar-refractivity contribution in [2.75, 3.05) is 0 Å². The summed E-state index contributed by atoms with van der Waals surface area (Å²) in [6, 6.07) is 0. The molecule has 0 spiro atoms. The van der Waals surface area contributed by atoms with Gasteiger partial charge in [0, 0.05) is 17.9 Å². The Balaban J connectivity index is -0.000000120. The van der Waals surface area contributed by atoms with Crippen molar-refractivity contribution < 1.29 is 102 Å². The monoisotopic (exact) mass is 1060 g/mol. The number of carboxylic acid groups (broad SMARTS) is 3. The first-order valence-corrected chi connectivity index (χ1v) is 26.9. The topological polar surface area (TPSA) is 120 Å². The van der Waals surface area contributed by atoms with Gasteiger partial charge in [-0.1, -0.05) is 290 Å². The van der Waals surface area contributed by atoms with Crippen molar-refractivity contribution in [3.63, 3.8) is 0 Å². The summed E-state index contributed by atoms with van der Waals surface area (Å²) in [5, 5.41) is 30.7. The number of hydrogen-bond acceptors (Lipinski definition) is 6. The summed E-state index contributed by atoms with van der Waals surface area (Å²) in [5.74, 6) is -2.71. The number of hydrogen-bond donors (Lipinski definition) is 0. The number of carbonyl (C=O) groups excluding carboxylic acids is 3. The summed E-state index contributed by atoms with van der Waals surface area (Å²) in [5.41, 5.74) is 0. The van der Waals surface area contributed by atoms with Gasteiger partial charge in [-0.25, -0.2) is 0 Å². The third kappa shape index (κ3) is 94.9. The van der Waals surface area contributed by atoms with Gasteiger partial charge in [-0.05, 0) is 38.5 Å². The van der Waals surface area contributed by atoms with Crippen molar-refractivity contribution in [2.45, 2.75) is 329 Å². The molecule has 0 fully saturated rings. The molecular weight excluding hydrogens is 955 g/mol. The zero-order valence-electron chi connectivity index (χ0n) is 42.8. The molecular formula is C54H105Cl3Cr2O6. The van der Waals surface area contributed by atoms with E-state index >= 15 is 0 Å². The number of halogens is 3. The molecule has 6 nitrogen and oxygen atoms in total. The summed E-state index contributed by atoms with van der Waals surface area (Å²) >= 11 is 0. The second-order valence-electron chi connectivity index (χ2n) is 18.2. The van der Waals surface area contributed by atoms with Crippen molar-refractivity contribution >= 4 is 17.9 Å². The van der Waals surface area contributed by atoms with Gasteiger partial charge >= 0.3 is 34.7 Å². The Morgan fingerprint density at radius 2 is 0.308 bits per heavy atom. The van der Waals surface area contributed by atoms with E-state index in [4.69, 9.17) is 0 Å². The quantitative estimate of drug-likeness (QED) is 0.0691. The molecule has 0 rings (SSSR count). The van der Waals surface area contributed by atoms with Crippen molar-refractivity contribution in [3.05, 3.63) is 0 Å². The smallest absolute Gasteiger partial charge is 1.00 e. The Morgan fingerprint density at radius 3 is 0.400 bits per heavy atom. The van der Waals surface area contributed by atoms with E-state index in [0.717, 1.165) is 38.5 Å². The fourth-order valence-electron chi connectivity index (χ4n) is 7.92. The average Bonchev–Trinajstić information content (AvgIpc) is 3.22. The van der Waals surface area contributed by atoms with E-state index < -0.39 is 17.9 Å². The van der Waals surface area contributed by atoms with Gasteiger partial charge in [0.2, 0.25) is 0 Å². The van der Waals surface area contributed by atoms with Gasteiger partial charge in [0.1, 0.15) is 0 Å². The molecule has 0 aliphatic heterocycles. The number of rotatable bonds is 48. The first-order valence-electron chi connectivity index (χ1n) is 26.9. The van der Waals surface area contributed by atoms with Gasteiger partial charge in [0.05, 0.1) is 0 Å². The summed E-state index contributed by atoms with van der Waals surface area (Å²) in [4.78, 5) is 30.7. The predicted octanol–water partition coefficient (Wildman–Crippen LogP) is 6.00. The molecule has 0 atom stereocenters. The van der Waals surface area contributed by atoms with Crippen LogP contribution in [0.15, 0.2) is 0 Å². The molecule has 0 saturated carbocycles. The Hall–Kier alpha value is 0.345. The normalized spacial score (nSPS) is 10.0. The van der Waals surface area contributed by atoms with Crippen LogP contribution in [0.5, 0.6) is 0 Å². The molecule has 0 aromatic heterocycles. The first kappa shape index (κ1) is 82.3. The Bertz CT molecular complexity index is 740. The molecule has 0 heterocycles. The fourth-order valence-corrected chi connectivity index (χ4v) is 7.92. The van der Waals surface area contributed by atoms with E-state index in [2.05, 4.69) is 20.8 Å². The van der Waals surface area contributed by atoms with Crippen LogP contribution in [0.4, 0.5) is 0 Å². The molecule has 0 saturated heterocycles. The zero-order valence-corrected chi connectivity index (χ0v) is 47.7. The van der Waals surface area contributed by atoms with E-state index in [1.165, 1.54) is 250 Å². The summed E-state index contributed by atoms with van der Waals surface area (Å²) in [6.45, 7) is 6.80. The predicted molar refractivity (Wildman–Crippen MR) is 254 cm³/mol. The Kier molecular flexibility index (Phi) is 99.4. The molecule has 390 valence electrons. The largest absolute Gasteiger partial charge is 3.00 e. The second kappa shape index (κ2) is 78.5. The third-order valence-electron chi connectivity index (χ3n) is 12.0. The number of carbonyl (C=O) groups is 3. The minimum Gasteiger partial charge on any atom is -1.00 e. The van der Waals surface area contributed by atoms with Crippen molar-refractivity contribution in [3.8, 4) is 0 Å². The van der Waals surface area contributed by atoms with Crippen LogP contribution in [0.2, 0.25) is 0 Å². The van der Waals surface area contributed by atoms with Gasteiger partial charge < -0.3 is 66.9 Å². The maximum atomic E-state index is 10.2. The minimum absolute atomic E-state index is 0. The number of aliphatic carboxylic acids is 3. The molecule has 0 aliphatic carbocycles. The van der Waals surface area contributed by atoms with E-state index in [-0.39, 0.29) is 91.2 Å². The van der Waals surface area contributed by atoms with Gasteiger partial charge in [-0.3, -0.25) is 0 Å². The molecule has 0 N–H and O–H groups in total. The van der Waals surface area contributed by atoms with Crippen LogP contribution in [-0.4, -0.2) is 17.9 Å². The van der Waals surface area contributed by atoms with E-state index in [1.807, 2.05) is 0 Å². The molecule has 65 heavy (non-hydrogen) atoms. The third-order valence-corrected chi connectivity index (χ3v) is 12.0. The zero-order chi connectivity index (χ0) is 44.7. The standard InChI is InChI=1S/3C18H36O2.3ClH.2Cr/c3*1-2-3-4-5-6-7-8-9-10-11-12-13-14-15-16-17-18(19)20;;;;;/h3*2-17H2,1H3,(H,19,20);3*1H;;/q;;;;;;2*+3/p-6. The molecule has 0 amide bonds. The summed E-state index contributed by atoms with van der Waals surface area (Å²) < 4.78 is 0. The maximum Gasteiger partial charge on any atom is 3.00 e. The van der Waals surface area contributed by atoms with Crippen LogP contribution in [0.3, 0.4) is 0 Å². The second-order valence-corrected chi connectivity index (χ2v) is 18.2. The van der Waals surface area contributed by atoms with Crippen LogP contribution >= 0.6 is 0 Å². The SMILES string of the molecule is CCCCCCCCCCCCCCCCCC(=O)[O-].CCCCCCCCCCCCCCCCCC(=O)[O-].CCCCCCCCCCCCCCCCCC(=O)[O-].[Cl-].[Cl-].[Cl-].[Cr+3].[Cr+3]. The van der Waals surface area contributed by atoms with E-state index in [0.29, 0.717) is 0 Å². The summed E-state index contributed by atoms with van der Waals surface area (Å²) in [7, 11) is 0. The van der Waals surface area contributed by atoms with Crippen LogP contribution < -0.4 is 52.5 Å². The average molecular weight is 1060 g/mol. The maximum absolute atomic E-state index is 10.2. The first-order chi connectivity index (χ1) is 29.3. The summed E-state index contributed by atoms with van der Waals surface area (Å²) in [6.07, 6.45) is 59.6. The van der Waals surface area contributed by atoms with Crippen LogP contribution in [-0.2, 0) is 49.1 Å². The molecule has 11 heteroatoms. The van der Waals surface area contributed by atoms with Crippen LogP contribution in [0.1, 0.15) is 329 Å². The number of unbranched alkanes of at least 4 members (excludes halogenated alkanes) is 42. The Labute approximate surface area is 445 Å².